The molecule has 23 heavy (non-hydrogen) atoms. The summed E-state index contributed by atoms with van der Waals surface area (Å²) >= 11 is 0. The Kier molecular flexibility index (Phi) is 3.77. The number of carbonyl (C=O) groups is 2. The largest absolute Gasteiger partial charge is 0.433 e. The number of alkyl halides is 3. The van der Waals surface area contributed by atoms with Crippen molar-refractivity contribution in [2.24, 2.45) is 5.92 Å². The molecule has 1 aliphatic carbocycles. The summed E-state index contributed by atoms with van der Waals surface area (Å²) in [4.78, 5) is 30.4. The molecular formula is C15H16F3N3O2. The van der Waals surface area contributed by atoms with Gasteiger partial charge in [0, 0.05) is 12.7 Å². The number of pyridine rings is 1. The second-order valence-electron chi connectivity index (χ2n) is 6.02. The highest BCUT2D eigenvalue weighted by Crippen LogP contribution is 2.33. The number of halogens is 3. The smallest absolute Gasteiger partial charge is 0.315 e. The van der Waals surface area contributed by atoms with Crippen molar-refractivity contribution in [3.63, 3.8) is 0 Å². The number of imide groups is 1. The highest BCUT2D eigenvalue weighted by Gasteiger charge is 2.41. The Morgan fingerprint density at radius 2 is 2.00 bits per heavy atom. The number of amides is 3. The first-order chi connectivity index (χ1) is 10.8. The van der Waals surface area contributed by atoms with Gasteiger partial charge < -0.3 is 4.90 Å². The number of nitrogens with zero attached hydrogens (tertiary/aromatic N) is 3. The summed E-state index contributed by atoms with van der Waals surface area (Å²) in [6.07, 6.45) is -1.31. The van der Waals surface area contributed by atoms with Crippen LogP contribution in [0.1, 0.15) is 37.1 Å². The Balaban J connectivity index is 1.75. The summed E-state index contributed by atoms with van der Waals surface area (Å²) in [5.41, 5.74) is -0.601. The van der Waals surface area contributed by atoms with Gasteiger partial charge in [0.1, 0.15) is 12.2 Å². The zero-order valence-corrected chi connectivity index (χ0v) is 12.5. The van der Waals surface area contributed by atoms with Crippen molar-refractivity contribution in [2.75, 3.05) is 13.1 Å². The summed E-state index contributed by atoms with van der Waals surface area (Å²) in [6.45, 7) is 2.22. The molecule has 2 fully saturated rings. The van der Waals surface area contributed by atoms with Gasteiger partial charge in [-0.25, -0.2) is 4.79 Å². The molecule has 0 aromatic carbocycles. The normalized spacial score (nSPS) is 20.3. The molecule has 1 aromatic rings. The van der Waals surface area contributed by atoms with Gasteiger partial charge in [0.25, 0.3) is 5.91 Å². The van der Waals surface area contributed by atoms with E-state index in [4.69, 9.17) is 0 Å². The van der Waals surface area contributed by atoms with Crippen LogP contribution in [0.3, 0.4) is 0 Å². The minimum absolute atomic E-state index is 0.0355. The van der Waals surface area contributed by atoms with Gasteiger partial charge in [-0.15, -0.1) is 0 Å². The summed E-state index contributed by atoms with van der Waals surface area (Å²) < 4.78 is 37.6. The average molecular weight is 327 g/mol. The second kappa shape index (κ2) is 5.50. The van der Waals surface area contributed by atoms with Gasteiger partial charge in [-0.2, -0.15) is 13.2 Å². The first kappa shape index (κ1) is 15.8. The van der Waals surface area contributed by atoms with Gasteiger partial charge >= 0.3 is 12.2 Å². The Hall–Kier alpha value is -2.12. The Labute approximate surface area is 131 Å². The van der Waals surface area contributed by atoms with Crippen LogP contribution in [0.25, 0.3) is 0 Å². The fourth-order valence-corrected chi connectivity index (χ4v) is 2.67. The van der Waals surface area contributed by atoms with Crippen molar-refractivity contribution >= 4 is 11.9 Å². The standard InChI is InChI=1S/C15H16F3N3O2/c1-9(11-4-5-12(19-6-11)15(16,17)18)21-13(22)8-20(14(21)23)7-10-2-3-10/h4-6,9-10H,2-3,7-8H2,1H3/t9-/m1/s1. The molecule has 3 amide bonds. The summed E-state index contributed by atoms with van der Waals surface area (Å²) in [5, 5.41) is 0. The topological polar surface area (TPSA) is 53.5 Å². The molecule has 0 bridgehead atoms. The molecule has 3 rings (SSSR count). The van der Waals surface area contributed by atoms with Gasteiger partial charge in [0.2, 0.25) is 0 Å². The van der Waals surface area contributed by atoms with Gasteiger partial charge in [0.15, 0.2) is 0 Å². The Morgan fingerprint density at radius 1 is 1.30 bits per heavy atom. The van der Waals surface area contributed by atoms with E-state index in [9.17, 15) is 22.8 Å². The fraction of sp³-hybridized carbons (Fsp3) is 0.533. The Bertz CT molecular complexity index is 626. The van der Waals surface area contributed by atoms with Gasteiger partial charge in [-0.05, 0) is 37.3 Å². The number of carbonyl (C=O) groups excluding carboxylic acids is 2. The van der Waals surface area contributed by atoms with Crippen LogP contribution in [0.5, 0.6) is 0 Å². The predicted molar refractivity (Wildman–Crippen MR) is 74.2 cm³/mol. The third kappa shape index (κ3) is 3.16. The van der Waals surface area contributed by atoms with Crippen LogP contribution in [0.4, 0.5) is 18.0 Å². The van der Waals surface area contributed by atoms with E-state index in [0.717, 1.165) is 30.0 Å². The Morgan fingerprint density at radius 3 is 2.52 bits per heavy atom. The maximum absolute atomic E-state index is 12.5. The molecule has 1 saturated heterocycles. The summed E-state index contributed by atoms with van der Waals surface area (Å²) in [6, 6.07) is 1.09. The molecule has 0 unspecified atom stereocenters. The van der Waals surface area contributed by atoms with Crippen LogP contribution < -0.4 is 0 Å². The molecule has 5 nitrogen and oxygen atoms in total. The van der Waals surface area contributed by atoms with Gasteiger partial charge in [-0.3, -0.25) is 14.7 Å². The maximum Gasteiger partial charge on any atom is 0.433 e. The summed E-state index contributed by atoms with van der Waals surface area (Å²) in [7, 11) is 0. The molecular weight excluding hydrogens is 311 g/mol. The van der Waals surface area contributed by atoms with E-state index in [1.807, 2.05) is 0 Å². The third-order valence-electron chi connectivity index (χ3n) is 4.19. The highest BCUT2D eigenvalue weighted by atomic mass is 19.4. The molecule has 0 N–H and O–H groups in total. The van der Waals surface area contributed by atoms with E-state index in [1.54, 1.807) is 6.92 Å². The minimum Gasteiger partial charge on any atom is -0.315 e. The first-order valence-electron chi connectivity index (χ1n) is 7.41. The average Bonchev–Trinajstić information content (AvgIpc) is 3.25. The van der Waals surface area contributed by atoms with Crippen LogP contribution in [0, 0.1) is 5.92 Å². The van der Waals surface area contributed by atoms with Crippen LogP contribution in [-0.4, -0.2) is 39.8 Å². The molecule has 1 aliphatic heterocycles. The molecule has 124 valence electrons. The zero-order valence-electron chi connectivity index (χ0n) is 12.5. The van der Waals surface area contributed by atoms with Crippen molar-refractivity contribution in [1.29, 1.82) is 0 Å². The monoisotopic (exact) mass is 327 g/mol. The van der Waals surface area contributed by atoms with Crippen LogP contribution in [-0.2, 0) is 11.0 Å². The van der Waals surface area contributed by atoms with Crippen molar-refractivity contribution in [3.05, 3.63) is 29.6 Å². The van der Waals surface area contributed by atoms with Crippen molar-refractivity contribution in [3.8, 4) is 0 Å². The molecule has 2 aliphatic rings. The number of aromatic nitrogens is 1. The van der Waals surface area contributed by atoms with E-state index in [2.05, 4.69) is 4.98 Å². The van der Waals surface area contributed by atoms with Crippen LogP contribution in [0.2, 0.25) is 0 Å². The van der Waals surface area contributed by atoms with Crippen molar-refractivity contribution in [1.82, 2.24) is 14.8 Å². The van der Waals surface area contributed by atoms with E-state index < -0.39 is 17.9 Å². The molecule has 2 heterocycles. The quantitative estimate of drug-likeness (QED) is 0.799. The first-order valence-corrected chi connectivity index (χ1v) is 7.41. The van der Waals surface area contributed by atoms with Crippen LogP contribution in [0.15, 0.2) is 18.3 Å². The lowest BCUT2D eigenvalue weighted by molar-refractivity contribution is -0.141. The zero-order chi connectivity index (χ0) is 16.8. The number of rotatable bonds is 4. The van der Waals surface area contributed by atoms with Crippen molar-refractivity contribution < 1.29 is 22.8 Å². The SMILES string of the molecule is C[C@H](c1ccc(C(F)(F)F)nc1)N1C(=O)CN(CC2CC2)C1=O. The highest BCUT2D eigenvalue weighted by molar-refractivity contribution is 6.02. The fourth-order valence-electron chi connectivity index (χ4n) is 2.67. The predicted octanol–water partition coefficient (Wildman–Crippen LogP) is 2.84. The molecule has 8 heteroatoms. The lowest BCUT2D eigenvalue weighted by Crippen LogP contribution is -2.36. The molecule has 1 saturated carbocycles. The molecule has 0 radical (unpaired) electrons. The second-order valence-corrected chi connectivity index (χ2v) is 6.02. The lowest BCUT2D eigenvalue weighted by Gasteiger charge is -2.23. The van der Waals surface area contributed by atoms with E-state index >= 15 is 0 Å². The maximum atomic E-state index is 12.5. The van der Waals surface area contributed by atoms with Gasteiger partial charge in [0.05, 0.1) is 6.04 Å². The van der Waals surface area contributed by atoms with Crippen molar-refractivity contribution in [2.45, 2.75) is 32.0 Å². The summed E-state index contributed by atoms with van der Waals surface area (Å²) in [5.74, 6) is 0.137. The van der Waals surface area contributed by atoms with Gasteiger partial charge in [-0.1, -0.05) is 6.07 Å². The number of hydrogen-bond donors (Lipinski definition) is 0. The van der Waals surface area contributed by atoms with E-state index in [0.29, 0.717) is 18.0 Å². The molecule has 0 spiro atoms. The number of hydrogen-bond acceptors (Lipinski definition) is 3. The minimum atomic E-state index is -4.51. The van der Waals surface area contributed by atoms with Crippen LogP contribution >= 0.6 is 0 Å². The third-order valence-corrected chi connectivity index (χ3v) is 4.19. The lowest BCUT2D eigenvalue weighted by atomic mass is 10.1. The van der Waals surface area contributed by atoms with E-state index in [-0.39, 0.29) is 18.5 Å². The van der Waals surface area contributed by atoms with E-state index in [1.165, 1.54) is 11.0 Å². The molecule has 1 aromatic heterocycles. The molecule has 1 atom stereocenters. The number of urea groups is 1.